The normalized spacial score (nSPS) is 14.2. The SMILES string of the molecule is COc1ccc(/C(C)=N/OCc2nc3c4c(ncn3n2)Oc2c(c(C)nn2-c2ccccc2)[C@H]4c2ccco2)cc1OC. The Balaban J connectivity index is 1.23. The summed E-state index contributed by atoms with van der Waals surface area (Å²) in [6.45, 7) is 3.85. The van der Waals surface area contributed by atoms with Crippen LogP contribution < -0.4 is 14.2 Å². The maximum atomic E-state index is 6.42. The van der Waals surface area contributed by atoms with Crippen LogP contribution in [0.2, 0.25) is 0 Å². The van der Waals surface area contributed by atoms with Crippen molar-refractivity contribution >= 4 is 11.4 Å². The Morgan fingerprint density at radius 3 is 2.58 bits per heavy atom. The predicted octanol–water partition coefficient (Wildman–Crippen LogP) is 5.46. The van der Waals surface area contributed by atoms with Crippen LogP contribution in [-0.4, -0.2) is 49.3 Å². The van der Waals surface area contributed by atoms with Crippen LogP contribution in [0.15, 0.2) is 82.8 Å². The van der Waals surface area contributed by atoms with Gasteiger partial charge in [-0.1, -0.05) is 23.4 Å². The molecule has 0 spiro atoms. The minimum Gasteiger partial charge on any atom is -0.493 e. The number of para-hydroxylation sites is 1. The molecule has 1 atom stereocenters. The summed E-state index contributed by atoms with van der Waals surface area (Å²) in [5, 5.41) is 13.7. The van der Waals surface area contributed by atoms with E-state index in [1.54, 1.807) is 36.0 Å². The second kappa shape index (κ2) is 10.6. The number of ether oxygens (including phenoxy) is 3. The summed E-state index contributed by atoms with van der Waals surface area (Å²) in [4.78, 5) is 15.1. The summed E-state index contributed by atoms with van der Waals surface area (Å²) in [6, 6.07) is 19.2. The lowest BCUT2D eigenvalue weighted by Gasteiger charge is -2.24. The van der Waals surface area contributed by atoms with Crippen LogP contribution >= 0.6 is 0 Å². The van der Waals surface area contributed by atoms with Gasteiger partial charge in [0.2, 0.25) is 11.8 Å². The number of furan rings is 1. The quantitative estimate of drug-likeness (QED) is 0.171. The first kappa shape index (κ1) is 26.3. The average molecular weight is 578 g/mol. The molecule has 1 aliphatic heterocycles. The number of oxime groups is 1. The number of nitrogens with zero attached hydrogens (tertiary/aromatic N) is 7. The molecular weight excluding hydrogens is 550 g/mol. The van der Waals surface area contributed by atoms with E-state index < -0.39 is 0 Å². The average Bonchev–Trinajstić information content (AvgIpc) is 3.79. The van der Waals surface area contributed by atoms with E-state index in [9.17, 15) is 0 Å². The fourth-order valence-electron chi connectivity index (χ4n) is 5.27. The molecule has 1 aliphatic rings. The Bertz CT molecular complexity index is 1960. The van der Waals surface area contributed by atoms with Crippen molar-refractivity contribution < 1.29 is 23.5 Å². The first-order chi connectivity index (χ1) is 21.1. The lowest BCUT2D eigenvalue weighted by molar-refractivity contribution is 0.125. The van der Waals surface area contributed by atoms with E-state index in [2.05, 4.69) is 15.2 Å². The molecule has 0 N–H and O–H groups in total. The third kappa shape index (κ3) is 4.53. The van der Waals surface area contributed by atoms with Crippen LogP contribution in [0, 0.1) is 6.92 Å². The van der Waals surface area contributed by atoms with Gasteiger partial charge in [0.15, 0.2) is 29.6 Å². The van der Waals surface area contributed by atoms with Crippen LogP contribution in [-0.2, 0) is 11.4 Å². The first-order valence-electron chi connectivity index (χ1n) is 13.5. The highest BCUT2D eigenvalue weighted by Crippen LogP contribution is 2.49. The van der Waals surface area contributed by atoms with Crippen LogP contribution in [0.1, 0.15) is 46.8 Å². The first-order valence-corrected chi connectivity index (χ1v) is 13.5. The highest BCUT2D eigenvalue weighted by molar-refractivity contribution is 5.98. The lowest BCUT2D eigenvalue weighted by Crippen LogP contribution is -2.15. The van der Waals surface area contributed by atoms with Gasteiger partial charge in [-0.05, 0) is 56.3 Å². The summed E-state index contributed by atoms with van der Waals surface area (Å²) < 4.78 is 26.5. The minimum atomic E-state index is -0.370. The number of benzene rings is 2. The molecule has 0 radical (unpaired) electrons. The summed E-state index contributed by atoms with van der Waals surface area (Å²) in [5.41, 5.74) is 5.34. The molecule has 0 saturated heterocycles. The number of methoxy groups -OCH3 is 2. The van der Waals surface area contributed by atoms with Gasteiger partial charge in [-0.15, -0.1) is 5.10 Å². The van der Waals surface area contributed by atoms with Gasteiger partial charge in [0.05, 0.1) is 54.6 Å². The zero-order valence-electron chi connectivity index (χ0n) is 23.9. The van der Waals surface area contributed by atoms with Crippen LogP contribution in [0.3, 0.4) is 0 Å². The van der Waals surface area contributed by atoms with Gasteiger partial charge in [-0.25, -0.2) is 19.2 Å². The molecule has 5 heterocycles. The smallest absolute Gasteiger partial charge is 0.230 e. The van der Waals surface area contributed by atoms with Crippen LogP contribution in [0.25, 0.3) is 11.3 Å². The maximum absolute atomic E-state index is 6.42. The molecule has 216 valence electrons. The van der Waals surface area contributed by atoms with Crippen molar-refractivity contribution in [1.29, 1.82) is 0 Å². The molecule has 12 nitrogen and oxygen atoms in total. The zero-order chi connectivity index (χ0) is 29.5. The van der Waals surface area contributed by atoms with Gasteiger partial charge in [-0.3, -0.25) is 0 Å². The third-order valence-corrected chi connectivity index (χ3v) is 7.29. The van der Waals surface area contributed by atoms with Crippen molar-refractivity contribution in [1.82, 2.24) is 29.4 Å². The highest BCUT2D eigenvalue weighted by Gasteiger charge is 2.39. The van der Waals surface area contributed by atoms with Gasteiger partial charge in [-0.2, -0.15) is 5.10 Å². The van der Waals surface area contributed by atoms with Crippen LogP contribution in [0.4, 0.5) is 0 Å². The minimum absolute atomic E-state index is 0.0452. The Morgan fingerprint density at radius 1 is 0.977 bits per heavy atom. The number of hydrogen-bond donors (Lipinski definition) is 0. The van der Waals surface area contributed by atoms with Gasteiger partial charge in [0.1, 0.15) is 12.1 Å². The molecule has 0 bridgehead atoms. The Hall–Kier alpha value is -5.65. The Kier molecular flexibility index (Phi) is 6.50. The van der Waals surface area contributed by atoms with E-state index in [0.717, 1.165) is 28.1 Å². The second-order valence-corrected chi connectivity index (χ2v) is 9.88. The van der Waals surface area contributed by atoms with Gasteiger partial charge in [0.25, 0.3) is 0 Å². The van der Waals surface area contributed by atoms with Gasteiger partial charge >= 0.3 is 0 Å². The summed E-state index contributed by atoms with van der Waals surface area (Å²) in [7, 11) is 3.18. The number of aryl methyl sites for hydroxylation is 1. The second-order valence-electron chi connectivity index (χ2n) is 9.88. The molecule has 2 aromatic carbocycles. The van der Waals surface area contributed by atoms with Crippen molar-refractivity contribution in [3.63, 3.8) is 0 Å². The van der Waals surface area contributed by atoms with E-state index in [1.165, 1.54) is 0 Å². The van der Waals surface area contributed by atoms with E-state index in [0.29, 0.717) is 46.2 Å². The molecule has 12 heteroatoms. The standard InChI is InChI=1S/C31H27N7O5/c1-18(20-12-13-22(39-3)24(15-20)40-4)36-42-16-25-33-29-28-27(23-11-8-14-41-23)26-19(2)34-38(21-9-6-5-7-10-21)31(26)43-30(28)32-17-37(29)35-25/h5-15,17,27H,16H2,1-4H3/b36-18+/t27-/m1/s1. The molecule has 7 rings (SSSR count). The topological polar surface area (TPSA) is 123 Å². The fourth-order valence-corrected chi connectivity index (χ4v) is 5.27. The van der Waals surface area contributed by atoms with Crippen molar-refractivity contribution in [2.75, 3.05) is 14.2 Å². The summed E-state index contributed by atoms with van der Waals surface area (Å²) in [6.07, 6.45) is 3.22. The third-order valence-electron chi connectivity index (χ3n) is 7.29. The molecule has 4 aromatic heterocycles. The summed E-state index contributed by atoms with van der Waals surface area (Å²) in [5.74, 6) is 3.00. The molecule has 0 saturated carbocycles. The number of rotatable bonds is 8. The zero-order valence-corrected chi connectivity index (χ0v) is 23.9. The van der Waals surface area contributed by atoms with E-state index in [4.69, 9.17) is 33.5 Å². The Morgan fingerprint density at radius 2 is 1.81 bits per heavy atom. The van der Waals surface area contributed by atoms with Gasteiger partial charge < -0.3 is 23.5 Å². The number of fused-ring (bicyclic) bond motifs is 4. The lowest BCUT2D eigenvalue weighted by atomic mass is 9.88. The monoisotopic (exact) mass is 577 g/mol. The van der Waals surface area contributed by atoms with Crippen molar-refractivity contribution in [2.24, 2.45) is 5.16 Å². The van der Waals surface area contributed by atoms with Gasteiger partial charge in [0, 0.05) is 5.56 Å². The molecule has 0 unspecified atom stereocenters. The van der Waals surface area contributed by atoms with E-state index in [1.807, 2.05) is 74.5 Å². The Labute approximate surface area is 246 Å². The highest BCUT2D eigenvalue weighted by atomic mass is 16.6. The molecular formula is C31H27N7O5. The van der Waals surface area contributed by atoms with Crippen molar-refractivity contribution in [2.45, 2.75) is 26.4 Å². The number of hydrogen-bond acceptors (Lipinski definition) is 10. The van der Waals surface area contributed by atoms with Crippen molar-refractivity contribution in [3.05, 3.63) is 107 Å². The van der Waals surface area contributed by atoms with Crippen molar-refractivity contribution in [3.8, 4) is 28.9 Å². The molecule has 0 aliphatic carbocycles. The molecule has 43 heavy (non-hydrogen) atoms. The summed E-state index contributed by atoms with van der Waals surface area (Å²) >= 11 is 0. The van der Waals surface area contributed by atoms with E-state index in [-0.39, 0.29) is 12.5 Å². The maximum Gasteiger partial charge on any atom is 0.230 e. The molecule has 0 amide bonds. The molecule has 6 aromatic rings. The van der Waals surface area contributed by atoms with Crippen LogP contribution in [0.5, 0.6) is 23.3 Å². The predicted molar refractivity (Wildman–Crippen MR) is 155 cm³/mol. The number of aromatic nitrogens is 6. The molecule has 0 fully saturated rings. The fraction of sp³-hybridized carbons (Fsp3) is 0.194. The largest absolute Gasteiger partial charge is 0.493 e. The van der Waals surface area contributed by atoms with E-state index >= 15 is 0 Å².